The number of nitrogens with zero attached hydrogens (tertiary/aromatic N) is 1. The van der Waals surface area contributed by atoms with E-state index in [0.29, 0.717) is 18.2 Å². The number of benzene rings is 1. The van der Waals surface area contributed by atoms with Crippen LogP contribution in [0.4, 0.5) is 11.4 Å². The number of carbonyl (C=O) groups is 1. The van der Waals surface area contributed by atoms with E-state index >= 15 is 0 Å². The van der Waals surface area contributed by atoms with Crippen LogP contribution in [0.15, 0.2) is 24.3 Å². The van der Waals surface area contributed by atoms with Crippen molar-refractivity contribution in [2.24, 2.45) is 5.92 Å². The van der Waals surface area contributed by atoms with Crippen molar-refractivity contribution in [2.45, 2.75) is 19.4 Å². The second-order valence-corrected chi connectivity index (χ2v) is 4.55. The second kappa shape index (κ2) is 4.75. The molecule has 2 N–H and O–H groups in total. The average molecular weight is 234 g/mol. The Kier molecular flexibility index (Phi) is 3.33. The van der Waals surface area contributed by atoms with Gasteiger partial charge < -0.3 is 15.4 Å². The van der Waals surface area contributed by atoms with Crippen LogP contribution in [0.25, 0.3) is 0 Å². The summed E-state index contributed by atoms with van der Waals surface area (Å²) in [5, 5.41) is 0. The highest BCUT2D eigenvalue weighted by Crippen LogP contribution is 2.24. The van der Waals surface area contributed by atoms with Gasteiger partial charge in [0, 0.05) is 25.0 Å². The first-order valence-corrected chi connectivity index (χ1v) is 5.84. The van der Waals surface area contributed by atoms with Gasteiger partial charge in [0.15, 0.2) is 0 Å². The fraction of sp³-hybridized carbons (Fsp3) is 0.462. The molecule has 92 valence electrons. The molecule has 17 heavy (non-hydrogen) atoms. The summed E-state index contributed by atoms with van der Waals surface area (Å²) in [6.45, 7) is 2.72. The van der Waals surface area contributed by atoms with Crippen LogP contribution >= 0.6 is 0 Å². The Labute approximate surface area is 101 Å². The normalized spacial score (nSPS) is 23.6. The zero-order valence-corrected chi connectivity index (χ0v) is 10.2. The minimum atomic E-state index is -0.308. The van der Waals surface area contributed by atoms with Crippen LogP contribution in [0.3, 0.4) is 0 Å². The molecule has 0 aliphatic carbocycles. The van der Waals surface area contributed by atoms with E-state index in [0.717, 1.165) is 12.1 Å². The fourth-order valence-corrected chi connectivity index (χ4v) is 2.03. The van der Waals surface area contributed by atoms with Crippen molar-refractivity contribution in [2.75, 3.05) is 24.3 Å². The van der Waals surface area contributed by atoms with E-state index in [2.05, 4.69) is 0 Å². The predicted molar refractivity (Wildman–Crippen MR) is 67.8 cm³/mol. The first-order valence-electron chi connectivity index (χ1n) is 5.84. The third-order valence-corrected chi connectivity index (χ3v) is 3.24. The third kappa shape index (κ3) is 2.42. The van der Waals surface area contributed by atoms with Gasteiger partial charge in [0.1, 0.15) is 6.10 Å². The summed E-state index contributed by atoms with van der Waals surface area (Å²) in [7, 11) is 1.77. The van der Waals surface area contributed by atoms with Gasteiger partial charge in [-0.3, -0.25) is 4.79 Å². The predicted octanol–water partition coefficient (Wildman–Crippen LogP) is 1.66. The highest BCUT2D eigenvalue weighted by molar-refractivity contribution is 5.96. The number of carbonyl (C=O) groups excluding carboxylic acids is 1. The maximum Gasteiger partial charge on any atom is 0.256 e. The molecule has 1 heterocycles. The first-order chi connectivity index (χ1) is 8.09. The number of anilines is 2. The van der Waals surface area contributed by atoms with E-state index in [1.165, 1.54) is 0 Å². The van der Waals surface area contributed by atoms with E-state index in [1.807, 2.05) is 19.1 Å². The van der Waals surface area contributed by atoms with Crippen LogP contribution in [-0.2, 0) is 9.53 Å². The van der Waals surface area contributed by atoms with Gasteiger partial charge in [-0.15, -0.1) is 0 Å². The van der Waals surface area contributed by atoms with Gasteiger partial charge >= 0.3 is 0 Å². The molecule has 0 spiro atoms. The number of nitrogens with two attached hydrogens (primary N) is 1. The molecule has 4 heteroatoms. The molecule has 2 atom stereocenters. The summed E-state index contributed by atoms with van der Waals surface area (Å²) in [5.74, 6) is 0.304. The Morgan fingerprint density at radius 3 is 2.59 bits per heavy atom. The molecular formula is C13H18N2O2. The zero-order chi connectivity index (χ0) is 12.4. The van der Waals surface area contributed by atoms with Gasteiger partial charge in [-0.1, -0.05) is 6.92 Å². The van der Waals surface area contributed by atoms with Crippen molar-refractivity contribution < 1.29 is 9.53 Å². The Hall–Kier alpha value is -1.55. The third-order valence-electron chi connectivity index (χ3n) is 3.24. The smallest absolute Gasteiger partial charge is 0.256 e. The van der Waals surface area contributed by atoms with E-state index in [4.69, 9.17) is 10.5 Å². The summed E-state index contributed by atoms with van der Waals surface area (Å²) >= 11 is 0. The summed E-state index contributed by atoms with van der Waals surface area (Å²) < 4.78 is 5.48. The number of hydrogen-bond donors (Lipinski definition) is 1. The lowest BCUT2D eigenvalue weighted by Crippen LogP contribution is -2.38. The van der Waals surface area contributed by atoms with Crippen molar-refractivity contribution in [3.8, 4) is 0 Å². The average Bonchev–Trinajstić information content (AvgIpc) is 2.74. The molecule has 1 fully saturated rings. The molecule has 1 amide bonds. The van der Waals surface area contributed by atoms with Crippen LogP contribution in [0.2, 0.25) is 0 Å². The molecule has 1 aromatic carbocycles. The first kappa shape index (κ1) is 11.9. The molecule has 0 radical (unpaired) electrons. The summed E-state index contributed by atoms with van der Waals surface area (Å²) in [5.41, 5.74) is 7.15. The number of ether oxygens (including phenoxy) is 1. The fourth-order valence-electron chi connectivity index (χ4n) is 2.03. The van der Waals surface area contributed by atoms with Gasteiger partial charge in [0.05, 0.1) is 0 Å². The highest BCUT2D eigenvalue weighted by Gasteiger charge is 2.33. The molecule has 0 aromatic heterocycles. The van der Waals surface area contributed by atoms with Crippen molar-refractivity contribution in [3.05, 3.63) is 24.3 Å². The van der Waals surface area contributed by atoms with Crippen LogP contribution < -0.4 is 10.6 Å². The number of amides is 1. The van der Waals surface area contributed by atoms with Crippen molar-refractivity contribution in [3.63, 3.8) is 0 Å². The monoisotopic (exact) mass is 234 g/mol. The van der Waals surface area contributed by atoms with Gasteiger partial charge in [0.2, 0.25) is 0 Å². The number of rotatable bonds is 2. The van der Waals surface area contributed by atoms with Gasteiger partial charge in [-0.05, 0) is 36.6 Å². The summed E-state index contributed by atoms with van der Waals surface area (Å²) in [6.07, 6.45) is 0.643. The molecule has 1 saturated heterocycles. The highest BCUT2D eigenvalue weighted by atomic mass is 16.5. The van der Waals surface area contributed by atoms with E-state index in [1.54, 1.807) is 24.1 Å². The number of nitrogen functional groups attached to an aromatic ring is 1. The van der Waals surface area contributed by atoms with Gasteiger partial charge in [-0.2, -0.15) is 0 Å². The van der Waals surface area contributed by atoms with Crippen LogP contribution in [0.1, 0.15) is 13.3 Å². The standard InChI is InChI=1S/C13H18N2O2/c1-9-7-8-17-12(9)13(16)15(2)11-5-3-10(14)4-6-11/h3-6,9,12H,7-8,14H2,1-2H3. The molecule has 0 saturated carbocycles. The maximum atomic E-state index is 12.2. The Bertz CT molecular complexity index is 402. The largest absolute Gasteiger partial charge is 0.399 e. The van der Waals surface area contributed by atoms with Crippen LogP contribution in [0, 0.1) is 5.92 Å². The van der Waals surface area contributed by atoms with Crippen molar-refractivity contribution >= 4 is 17.3 Å². The van der Waals surface area contributed by atoms with Crippen LogP contribution in [0.5, 0.6) is 0 Å². The lowest BCUT2D eigenvalue weighted by molar-refractivity contribution is -0.128. The molecule has 0 bridgehead atoms. The maximum absolute atomic E-state index is 12.2. The molecule has 4 nitrogen and oxygen atoms in total. The second-order valence-electron chi connectivity index (χ2n) is 4.55. The molecule has 2 rings (SSSR count). The topological polar surface area (TPSA) is 55.6 Å². The molecule has 1 aliphatic heterocycles. The number of likely N-dealkylation sites (N-methyl/N-ethyl adjacent to an activating group) is 1. The van der Waals surface area contributed by atoms with Crippen molar-refractivity contribution in [1.82, 2.24) is 0 Å². The minimum Gasteiger partial charge on any atom is -0.399 e. The SMILES string of the molecule is CC1CCOC1C(=O)N(C)c1ccc(N)cc1. The summed E-state index contributed by atoms with van der Waals surface area (Å²) in [6, 6.07) is 7.26. The Morgan fingerprint density at radius 1 is 1.41 bits per heavy atom. The van der Waals surface area contributed by atoms with Crippen molar-refractivity contribution in [1.29, 1.82) is 0 Å². The van der Waals surface area contributed by atoms with Crippen LogP contribution in [-0.4, -0.2) is 25.7 Å². The zero-order valence-electron chi connectivity index (χ0n) is 10.2. The summed E-state index contributed by atoms with van der Waals surface area (Å²) in [4.78, 5) is 13.8. The lowest BCUT2D eigenvalue weighted by Gasteiger charge is -2.23. The van der Waals surface area contributed by atoms with E-state index < -0.39 is 0 Å². The Balaban J connectivity index is 2.11. The number of hydrogen-bond acceptors (Lipinski definition) is 3. The van der Waals surface area contributed by atoms with E-state index in [9.17, 15) is 4.79 Å². The van der Waals surface area contributed by atoms with E-state index in [-0.39, 0.29) is 12.0 Å². The minimum absolute atomic E-state index is 0.0137. The van der Waals surface area contributed by atoms with Gasteiger partial charge in [-0.25, -0.2) is 0 Å². The molecule has 1 aliphatic rings. The molecule has 2 unspecified atom stereocenters. The quantitative estimate of drug-likeness (QED) is 0.792. The molecular weight excluding hydrogens is 216 g/mol. The molecule has 1 aromatic rings. The van der Waals surface area contributed by atoms with Gasteiger partial charge in [0.25, 0.3) is 5.91 Å². The lowest BCUT2D eigenvalue weighted by atomic mass is 10.0. The Morgan fingerprint density at radius 2 is 2.06 bits per heavy atom.